The van der Waals surface area contributed by atoms with Gasteiger partial charge in [0.05, 0.1) is 0 Å². The van der Waals surface area contributed by atoms with Crippen LogP contribution in [0.5, 0.6) is 0 Å². The summed E-state index contributed by atoms with van der Waals surface area (Å²) < 4.78 is 0. The van der Waals surface area contributed by atoms with Gasteiger partial charge in [0.2, 0.25) is 0 Å². The fourth-order valence-electron chi connectivity index (χ4n) is 4.39. The first-order chi connectivity index (χ1) is 13.7. The van der Waals surface area contributed by atoms with Crippen LogP contribution in [-0.4, -0.2) is 60.8 Å². The Balaban J connectivity index is 1.37. The maximum absolute atomic E-state index is 9.00. The number of aliphatic hydroxyl groups is 1. The van der Waals surface area contributed by atoms with Crippen molar-refractivity contribution in [2.24, 2.45) is 0 Å². The molecule has 3 nitrogen and oxygen atoms in total. The predicted molar refractivity (Wildman–Crippen MR) is 118 cm³/mol. The van der Waals surface area contributed by atoms with Crippen molar-refractivity contribution in [3.8, 4) is 0 Å². The molecule has 0 amide bonds. The second kappa shape index (κ2) is 9.64. The molecule has 2 aromatic rings. The molecule has 0 aliphatic carbocycles. The lowest BCUT2D eigenvalue weighted by Gasteiger charge is -2.35. The van der Waals surface area contributed by atoms with Crippen molar-refractivity contribution in [1.29, 1.82) is 0 Å². The summed E-state index contributed by atoms with van der Waals surface area (Å²) in [5.41, 5.74) is 2.85. The van der Waals surface area contributed by atoms with Crippen LogP contribution in [0.1, 0.15) is 36.3 Å². The van der Waals surface area contributed by atoms with Crippen LogP contribution >= 0.6 is 23.4 Å². The van der Waals surface area contributed by atoms with E-state index < -0.39 is 0 Å². The largest absolute Gasteiger partial charge is 0.396 e. The normalized spacial score (nSPS) is 20.0. The van der Waals surface area contributed by atoms with E-state index in [9.17, 15) is 0 Å². The Morgan fingerprint density at radius 2 is 1.57 bits per heavy atom. The zero-order valence-corrected chi connectivity index (χ0v) is 17.9. The van der Waals surface area contributed by atoms with Crippen LogP contribution in [-0.2, 0) is 0 Å². The zero-order valence-electron chi connectivity index (χ0n) is 16.3. The van der Waals surface area contributed by atoms with Gasteiger partial charge in [-0.2, -0.15) is 0 Å². The molecule has 28 heavy (non-hydrogen) atoms. The molecule has 5 heteroatoms. The number of fused-ring (bicyclic) bond motifs is 2. The van der Waals surface area contributed by atoms with Crippen molar-refractivity contribution in [2.75, 3.05) is 45.9 Å². The third kappa shape index (κ3) is 4.74. The van der Waals surface area contributed by atoms with Gasteiger partial charge in [0.1, 0.15) is 0 Å². The number of rotatable bonds is 7. The second-order valence-electron chi connectivity index (χ2n) is 7.78. The SMILES string of the molecule is OCCCN1CCN(CCC[C@@H]2c3ccccc3Sc3ccc(Cl)cc32)CC1. The van der Waals surface area contributed by atoms with Crippen LogP contribution in [0.25, 0.3) is 0 Å². The highest BCUT2D eigenvalue weighted by atomic mass is 35.5. The standard InChI is InChI=1S/C23H29ClN2OS/c24-18-8-9-23-21(17-18)19(20-5-1-2-7-22(20)28-23)6-3-10-25-12-14-26(15-13-25)11-4-16-27/h1-2,5,7-9,17,19,27H,3-4,6,10-16H2/t19-/m1/s1. The summed E-state index contributed by atoms with van der Waals surface area (Å²) in [6.45, 7) is 7.03. The molecule has 2 aliphatic heterocycles. The molecule has 150 valence electrons. The number of nitrogens with zero attached hydrogens (tertiary/aromatic N) is 2. The first kappa shape index (κ1) is 20.2. The van der Waals surface area contributed by atoms with E-state index in [1.807, 2.05) is 17.8 Å². The molecule has 4 rings (SSSR count). The number of piperazine rings is 1. The summed E-state index contributed by atoms with van der Waals surface area (Å²) in [7, 11) is 0. The van der Waals surface area contributed by atoms with Crippen LogP contribution in [0.2, 0.25) is 5.02 Å². The monoisotopic (exact) mass is 416 g/mol. The minimum Gasteiger partial charge on any atom is -0.396 e. The molecule has 0 bridgehead atoms. The minimum absolute atomic E-state index is 0.298. The molecule has 1 atom stereocenters. The summed E-state index contributed by atoms with van der Waals surface area (Å²) in [6, 6.07) is 15.2. The smallest absolute Gasteiger partial charge is 0.0443 e. The Bertz CT molecular complexity index is 792. The molecule has 0 aromatic heterocycles. The minimum atomic E-state index is 0.298. The highest BCUT2D eigenvalue weighted by molar-refractivity contribution is 7.99. The number of benzene rings is 2. The van der Waals surface area contributed by atoms with Gasteiger partial charge in [-0.15, -0.1) is 0 Å². The molecule has 0 unspecified atom stereocenters. The van der Waals surface area contributed by atoms with Gasteiger partial charge < -0.3 is 14.9 Å². The van der Waals surface area contributed by atoms with E-state index in [1.165, 1.54) is 27.3 Å². The van der Waals surface area contributed by atoms with Crippen molar-refractivity contribution in [1.82, 2.24) is 9.80 Å². The molecule has 0 spiro atoms. The Hall–Kier alpha value is -1.04. The van der Waals surface area contributed by atoms with Crippen LogP contribution in [0.4, 0.5) is 0 Å². The molecule has 2 heterocycles. The van der Waals surface area contributed by atoms with Crippen molar-refractivity contribution in [2.45, 2.75) is 35.0 Å². The average Bonchev–Trinajstić information content (AvgIpc) is 2.73. The maximum atomic E-state index is 9.00. The van der Waals surface area contributed by atoms with Gasteiger partial charge >= 0.3 is 0 Å². The van der Waals surface area contributed by atoms with Crippen LogP contribution in [0, 0.1) is 0 Å². The molecule has 0 radical (unpaired) electrons. The highest BCUT2D eigenvalue weighted by Crippen LogP contribution is 2.48. The fourth-order valence-corrected chi connectivity index (χ4v) is 5.74. The summed E-state index contributed by atoms with van der Waals surface area (Å²) >= 11 is 8.21. The first-order valence-electron chi connectivity index (χ1n) is 10.4. The summed E-state index contributed by atoms with van der Waals surface area (Å²) in [5, 5.41) is 9.83. The topological polar surface area (TPSA) is 26.7 Å². The van der Waals surface area contributed by atoms with Gasteiger partial charge in [0, 0.05) is 60.1 Å². The van der Waals surface area contributed by atoms with Gasteiger partial charge in [0.25, 0.3) is 0 Å². The quantitative estimate of drug-likeness (QED) is 0.706. The molecule has 2 aliphatic rings. The fraction of sp³-hybridized carbons (Fsp3) is 0.478. The number of halogens is 1. The van der Waals surface area contributed by atoms with Gasteiger partial charge in [-0.05, 0) is 61.2 Å². The second-order valence-corrected chi connectivity index (χ2v) is 9.30. The molecule has 0 saturated carbocycles. The van der Waals surface area contributed by atoms with Gasteiger partial charge in [-0.3, -0.25) is 0 Å². The Kier molecular flexibility index (Phi) is 6.97. The summed E-state index contributed by atoms with van der Waals surface area (Å²) in [6.07, 6.45) is 3.25. The van der Waals surface area contributed by atoms with E-state index in [-0.39, 0.29) is 0 Å². The van der Waals surface area contributed by atoms with Crippen LogP contribution in [0.3, 0.4) is 0 Å². The van der Waals surface area contributed by atoms with Gasteiger partial charge in [0.15, 0.2) is 0 Å². The Morgan fingerprint density at radius 1 is 0.893 bits per heavy atom. The van der Waals surface area contributed by atoms with E-state index in [0.29, 0.717) is 12.5 Å². The molecule has 1 fully saturated rings. The third-order valence-corrected chi connectivity index (χ3v) is 7.34. The molecular weight excluding hydrogens is 388 g/mol. The lowest BCUT2D eigenvalue weighted by molar-refractivity contribution is 0.123. The lowest BCUT2D eigenvalue weighted by atomic mass is 9.87. The lowest BCUT2D eigenvalue weighted by Crippen LogP contribution is -2.46. The maximum Gasteiger partial charge on any atom is 0.0443 e. The van der Waals surface area contributed by atoms with E-state index in [1.54, 1.807) is 0 Å². The zero-order chi connectivity index (χ0) is 19.3. The van der Waals surface area contributed by atoms with Crippen molar-refractivity contribution in [3.05, 3.63) is 58.6 Å². The molecule has 1 saturated heterocycles. The van der Waals surface area contributed by atoms with Crippen LogP contribution in [0.15, 0.2) is 52.3 Å². The van der Waals surface area contributed by atoms with Crippen LogP contribution < -0.4 is 0 Å². The van der Waals surface area contributed by atoms with Crippen molar-refractivity contribution in [3.63, 3.8) is 0 Å². The molecule has 2 aromatic carbocycles. The number of aliphatic hydroxyl groups excluding tert-OH is 1. The Morgan fingerprint density at radius 3 is 2.32 bits per heavy atom. The molecule has 1 N–H and O–H groups in total. The van der Waals surface area contributed by atoms with Crippen molar-refractivity contribution >= 4 is 23.4 Å². The summed E-state index contributed by atoms with van der Waals surface area (Å²) in [5.74, 6) is 0.442. The molecular formula is C23H29ClN2OS. The van der Waals surface area contributed by atoms with Gasteiger partial charge in [-0.25, -0.2) is 0 Å². The van der Waals surface area contributed by atoms with Gasteiger partial charge in [-0.1, -0.05) is 41.6 Å². The predicted octanol–water partition coefficient (Wildman–Crippen LogP) is 4.72. The van der Waals surface area contributed by atoms with E-state index in [0.717, 1.165) is 57.1 Å². The van der Waals surface area contributed by atoms with E-state index in [4.69, 9.17) is 16.7 Å². The van der Waals surface area contributed by atoms with E-state index in [2.05, 4.69) is 46.2 Å². The average molecular weight is 417 g/mol. The number of hydrogen-bond acceptors (Lipinski definition) is 4. The highest BCUT2D eigenvalue weighted by Gasteiger charge is 2.26. The van der Waals surface area contributed by atoms with Crippen molar-refractivity contribution < 1.29 is 5.11 Å². The number of hydrogen-bond donors (Lipinski definition) is 1. The first-order valence-corrected chi connectivity index (χ1v) is 11.6. The Labute approximate surface area is 177 Å². The summed E-state index contributed by atoms with van der Waals surface area (Å²) in [4.78, 5) is 7.81. The third-order valence-electron chi connectivity index (χ3n) is 5.93. The van der Waals surface area contributed by atoms with E-state index >= 15 is 0 Å².